The van der Waals surface area contributed by atoms with Crippen molar-refractivity contribution in [3.63, 3.8) is 0 Å². The highest BCUT2D eigenvalue weighted by Crippen LogP contribution is 2.37. The number of benzene rings is 1. The molecule has 3 N–H and O–H groups in total. The first-order valence-electron chi connectivity index (χ1n) is 16.1. The van der Waals surface area contributed by atoms with E-state index in [1.807, 2.05) is 55.8 Å². The average molecular weight is 649 g/mol. The smallest absolute Gasteiger partial charge is 0.410 e. The van der Waals surface area contributed by atoms with Crippen LogP contribution in [0.2, 0.25) is 0 Å². The summed E-state index contributed by atoms with van der Waals surface area (Å²) >= 11 is 0. The van der Waals surface area contributed by atoms with Gasteiger partial charge < -0.3 is 25.3 Å². The highest BCUT2D eigenvalue weighted by Gasteiger charge is 2.30. The van der Waals surface area contributed by atoms with Crippen molar-refractivity contribution in [2.75, 3.05) is 24.1 Å². The Bertz CT molecular complexity index is 2020. The van der Waals surface area contributed by atoms with Gasteiger partial charge in [-0.05, 0) is 77.3 Å². The summed E-state index contributed by atoms with van der Waals surface area (Å²) in [6.45, 7) is 10.7. The molecule has 1 aromatic carbocycles. The second-order valence-corrected chi connectivity index (χ2v) is 13.4. The van der Waals surface area contributed by atoms with Gasteiger partial charge in [-0.15, -0.1) is 0 Å². The molecule has 12 nitrogen and oxygen atoms in total. The third-order valence-electron chi connectivity index (χ3n) is 8.49. The molecule has 2 amide bonds. The van der Waals surface area contributed by atoms with Gasteiger partial charge in [0.1, 0.15) is 23.0 Å². The third kappa shape index (κ3) is 6.64. The number of hydrogen-bond donors (Lipinski definition) is 2. The van der Waals surface area contributed by atoms with E-state index in [0.29, 0.717) is 41.2 Å². The highest BCUT2D eigenvalue weighted by molar-refractivity contribution is 6.04. The topological polar surface area (TPSA) is 150 Å². The molecule has 1 fully saturated rings. The van der Waals surface area contributed by atoms with E-state index in [9.17, 15) is 14.4 Å². The van der Waals surface area contributed by atoms with Crippen LogP contribution in [-0.4, -0.2) is 59.7 Å². The van der Waals surface area contributed by atoms with Crippen LogP contribution in [0.4, 0.5) is 16.3 Å². The number of rotatable bonds is 6. The molecule has 5 heterocycles. The SMILES string of the molecule is CC(C)n1cc(C(=O)Nc2ccc(-c3cc(C4CCN(C(=O)OC(C)(C)C)CC4)n4ncnc(N)c34)cc2)c(=O)c(-c2cccnc2)c1. The second-order valence-electron chi connectivity index (χ2n) is 13.4. The summed E-state index contributed by atoms with van der Waals surface area (Å²) in [6.07, 6.45) is 9.25. The van der Waals surface area contributed by atoms with Crippen LogP contribution in [-0.2, 0) is 4.74 Å². The first-order chi connectivity index (χ1) is 22.9. The van der Waals surface area contributed by atoms with Crippen LogP contribution in [0, 0.1) is 0 Å². The number of amides is 2. The van der Waals surface area contributed by atoms with E-state index in [2.05, 4.69) is 26.4 Å². The van der Waals surface area contributed by atoms with Gasteiger partial charge >= 0.3 is 6.09 Å². The van der Waals surface area contributed by atoms with Crippen molar-refractivity contribution < 1.29 is 14.3 Å². The Balaban J connectivity index is 1.24. The van der Waals surface area contributed by atoms with Gasteiger partial charge in [-0.3, -0.25) is 14.6 Å². The number of hydrogen-bond acceptors (Lipinski definition) is 8. The third-order valence-corrected chi connectivity index (χ3v) is 8.49. The number of anilines is 2. The van der Waals surface area contributed by atoms with Gasteiger partial charge in [0, 0.05) is 77.9 Å². The highest BCUT2D eigenvalue weighted by atomic mass is 16.6. The second kappa shape index (κ2) is 12.9. The molecule has 12 heteroatoms. The van der Waals surface area contributed by atoms with Gasteiger partial charge in [-0.1, -0.05) is 18.2 Å². The predicted molar refractivity (Wildman–Crippen MR) is 185 cm³/mol. The average Bonchev–Trinajstić information content (AvgIpc) is 3.46. The molecular formula is C36H40N8O4. The Kier molecular flexibility index (Phi) is 8.74. The van der Waals surface area contributed by atoms with Crippen molar-refractivity contribution in [1.29, 1.82) is 0 Å². The normalized spacial score (nSPS) is 14.0. The van der Waals surface area contributed by atoms with E-state index < -0.39 is 11.5 Å². The van der Waals surface area contributed by atoms with Crippen LogP contribution in [0.5, 0.6) is 0 Å². The van der Waals surface area contributed by atoms with Gasteiger partial charge in [-0.25, -0.2) is 14.3 Å². The maximum atomic E-state index is 13.5. The van der Waals surface area contributed by atoms with Gasteiger partial charge in [0.05, 0.1) is 0 Å². The number of likely N-dealkylation sites (tertiary alicyclic amines) is 1. The van der Waals surface area contributed by atoms with Gasteiger partial charge in [-0.2, -0.15) is 5.10 Å². The fraction of sp³-hybridized carbons (Fsp3) is 0.333. The monoisotopic (exact) mass is 648 g/mol. The first-order valence-corrected chi connectivity index (χ1v) is 16.1. The van der Waals surface area contributed by atoms with Crippen LogP contribution in [0.15, 0.2) is 78.4 Å². The van der Waals surface area contributed by atoms with E-state index in [4.69, 9.17) is 10.5 Å². The van der Waals surface area contributed by atoms with E-state index >= 15 is 0 Å². The summed E-state index contributed by atoms with van der Waals surface area (Å²) in [5, 5.41) is 7.43. The van der Waals surface area contributed by atoms with Crippen molar-refractivity contribution in [2.24, 2.45) is 0 Å². The maximum absolute atomic E-state index is 13.5. The summed E-state index contributed by atoms with van der Waals surface area (Å²) in [5.41, 5.74) is 10.5. The minimum absolute atomic E-state index is 0.0305. The molecule has 1 aliphatic heterocycles. The minimum Gasteiger partial charge on any atom is -0.444 e. The molecule has 0 aliphatic carbocycles. The molecule has 48 heavy (non-hydrogen) atoms. The number of pyridine rings is 2. The lowest BCUT2D eigenvalue weighted by Gasteiger charge is -2.33. The fourth-order valence-corrected chi connectivity index (χ4v) is 6.00. The first kappa shape index (κ1) is 32.4. The number of nitrogens with two attached hydrogens (primary N) is 1. The summed E-state index contributed by atoms with van der Waals surface area (Å²) in [5.74, 6) is -0.000252. The Morgan fingerprint density at radius 3 is 2.40 bits per heavy atom. The Morgan fingerprint density at radius 1 is 1.02 bits per heavy atom. The molecule has 1 saturated heterocycles. The lowest BCUT2D eigenvalue weighted by molar-refractivity contribution is 0.0203. The lowest BCUT2D eigenvalue weighted by Crippen LogP contribution is -2.41. The molecule has 0 atom stereocenters. The molecular weight excluding hydrogens is 608 g/mol. The number of nitrogens with one attached hydrogen (secondary N) is 1. The molecule has 0 spiro atoms. The van der Waals surface area contributed by atoms with Crippen molar-refractivity contribution in [1.82, 2.24) is 29.0 Å². The fourth-order valence-electron chi connectivity index (χ4n) is 6.00. The number of ether oxygens (including phenoxy) is 1. The number of nitrogen functional groups attached to an aromatic ring is 1. The van der Waals surface area contributed by atoms with Crippen molar-refractivity contribution in [3.05, 3.63) is 95.1 Å². The molecule has 248 valence electrons. The molecule has 6 rings (SSSR count). The van der Waals surface area contributed by atoms with Gasteiger partial charge in [0.2, 0.25) is 5.43 Å². The number of piperidine rings is 1. The zero-order chi connectivity index (χ0) is 34.2. The number of aromatic nitrogens is 5. The largest absolute Gasteiger partial charge is 0.444 e. The number of carbonyl (C=O) groups is 2. The summed E-state index contributed by atoms with van der Waals surface area (Å²) in [4.78, 5) is 49.7. The van der Waals surface area contributed by atoms with Crippen molar-refractivity contribution in [3.8, 4) is 22.3 Å². The van der Waals surface area contributed by atoms with E-state index in [0.717, 1.165) is 29.7 Å². The van der Waals surface area contributed by atoms with E-state index in [1.54, 1.807) is 54.0 Å². The van der Waals surface area contributed by atoms with Gasteiger partial charge in [0.25, 0.3) is 5.91 Å². The molecule has 0 bridgehead atoms. The molecule has 1 aliphatic rings. The Labute approximate surface area is 278 Å². The Morgan fingerprint density at radius 2 is 1.75 bits per heavy atom. The molecule has 0 radical (unpaired) electrons. The van der Waals surface area contributed by atoms with E-state index in [-0.39, 0.29) is 29.0 Å². The summed E-state index contributed by atoms with van der Waals surface area (Å²) in [7, 11) is 0. The molecule has 5 aromatic rings. The molecule has 4 aromatic heterocycles. The van der Waals surface area contributed by atoms with Crippen LogP contribution in [0.25, 0.3) is 27.8 Å². The van der Waals surface area contributed by atoms with Crippen LogP contribution in [0.3, 0.4) is 0 Å². The van der Waals surface area contributed by atoms with Crippen molar-refractivity contribution >= 4 is 29.0 Å². The van der Waals surface area contributed by atoms with Crippen LogP contribution < -0.4 is 16.5 Å². The standard InChI is InChI=1S/C36H40N8O4/c1-22(2)43-19-28(25-7-6-14-38-18-25)32(45)29(20-43)34(46)41-26-10-8-23(9-11-26)27-17-30(44-31(27)33(37)39-21-40-44)24-12-15-42(16-13-24)35(47)48-36(3,4)5/h6-11,14,17-22,24H,12-13,15-16H2,1-5H3,(H,41,46)(H2,37,39,40). The van der Waals surface area contributed by atoms with Gasteiger partial charge in [0.15, 0.2) is 5.82 Å². The molecule has 0 saturated carbocycles. The number of carbonyl (C=O) groups excluding carboxylic acids is 2. The maximum Gasteiger partial charge on any atom is 0.410 e. The number of nitrogens with zero attached hydrogens (tertiary/aromatic N) is 6. The summed E-state index contributed by atoms with van der Waals surface area (Å²) in [6, 6.07) is 13.0. The summed E-state index contributed by atoms with van der Waals surface area (Å²) < 4.78 is 9.26. The van der Waals surface area contributed by atoms with Crippen molar-refractivity contribution in [2.45, 2.75) is 65.0 Å². The zero-order valence-electron chi connectivity index (χ0n) is 27.8. The van der Waals surface area contributed by atoms with Crippen LogP contribution >= 0.6 is 0 Å². The van der Waals surface area contributed by atoms with E-state index in [1.165, 1.54) is 6.33 Å². The molecule has 0 unspecified atom stereocenters. The Hall–Kier alpha value is -5.52. The predicted octanol–water partition coefficient (Wildman–Crippen LogP) is 6.15. The minimum atomic E-state index is -0.548. The zero-order valence-corrected chi connectivity index (χ0v) is 27.8. The quantitative estimate of drug-likeness (QED) is 0.223. The number of fused-ring (bicyclic) bond motifs is 1. The van der Waals surface area contributed by atoms with Crippen LogP contribution in [0.1, 0.15) is 75.5 Å². The lowest BCUT2D eigenvalue weighted by atomic mass is 9.93.